The molecule has 0 heterocycles. The highest BCUT2D eigenvalue weighted by atomic mass is 32.2. The highest BCUT2D eigenvalue weighted by molar-refractivity contribution is 7.92. The lowest BCUT2D eigenvalue weighted by molar-refractivity contribution is -0.120. The number of anilines is 1. The topological polar surface area (TPSA) is 75.7 Å². The number of sulfonamides is 1. The summed E-state index contributed by atoms with van der Waals surface area (Å²) in [6, 6.07) is 10.8. The molecular formula is C23H32N2O4S. The van der Waals surface area contributed by atoms with Crippen molar-refractivity contribution >= 4 is 21.6 Å². The first-order chi connectivity index (χ1) is 13.9. The number of nitrogens with one attached hydrogen (secondary N) is 1. The SMILES string of the molecule is COc1cc(C)c([C@@H](C)NC(=O)CN(c2ccc(C)cc2)S(C)(=O)=O)cc1C(C)C. The molecule has 0 unspecified atom stereocenters. The van der Waals surface area contributed by atoms with Crippen LogP contribution in [0.3, 0.4) is 0 Å². The average Bonchev–Trinajstić information content (AvgIpc) is 2.65. The summed E-state index contributed by atoms with van der Waals surface area (Å²) in [5.41, 5.74) is 4.53. The molecule has 30 heavy (non-hydrogen) atoms. The molecule has 0 aromatic heterocycles. The molecule has 0 bridgehead atoms. The first-order valence-electron chi connectivity index (χ1n) is 9.96. The van der Waals surface area contributed by atoms with Gasteiger partial charge in [0.2, 0.25) is 15.9 Å². The fourth-order valence-electron chi connectivity index (χ4n) is 3.42. The van der Waals surface area contributed by atoms with E-state index in [9.17, 15) is 13.2 Å². The van der Waals surface area contributed by atoms with Gasteiger partial charge in [0.05, 0.1) is 25.1 Å². The van der Waals surface area contributed by atoms with Gasteiger partial charge >= 0.3 is 0 Å². The third-order valence-corrected chi connectivity index (χ3v) is 6.23. The minimum atomic E-state index is -3.61. The van der Waals surface area contributed by atoms with Gasteiger partial charge in [0, 0.05) is 0 Å². The van der Waals surface area contributed by atoms with E-state index in [-0.39, 0.29) is 24.4 Å². The number of methoxy groups -OCH3 is 1. The zero-order chi connectivity index (χ0) is 22.6. The summed E-state index contributed by atoms with van der Waals surface area (Å²) < 4.78 is 31.2. The molecule has 0 saturated carbocycles. The Bertz CT molecular complexity index is 999. The van der Waals surface area contributed by atoms with Crippen molar-refractivity contribution in [3.63, 3.8) is 0 Å². The van der Waals surface area contributed by atoms with Crippen molar-refractivity contribution in [2.75, 3.05) is 24.2 Å². The molecule has 0 radical (unpaired) electrons. The van der Waals surface area contributed by atoms with Crippen LogP contribution in [0.25, 0.3) is 0 Å². The Hall–Kier alpha value is -2.54. The summed E-state index contributed by atoms with van der Waals surface area (Å²) >= 11 is 0. The number of hydrogen-bond acceptors (Lipinski definition) is 4. The lowest BCUT2D eigenvalue weighted by atomic mass is 9.93. The third-order valence-electron chi connectivity index (χ3n) is 5.09. The van der Waals surface area contributed by atoms with Crippen LogP contribution in [0.2, 0.25) is 0 Å². The summed E-state index contributed by atoms with van der Waals surface area (Å²) in [6.07, 6.45) is 1.10. The van der Waals surface area contributed by atoms with Gasteiger partial charge in [0.15, 0.2) is 0 Å². The van der Waals surface area contributed by atoms with Gasteiger partial charge in [-0.2, -0.15) is 0 Å². The van der Waals surface area contributed by atoms with Gasteiger partial charge in [-0.25, -0.2) is 8.42 Å². The van der Waals surface area contributed by atoms with Crippen LogP contribution in [-0.2, 0) is 14.8 Å². The molecule has 1 N–H and O–H groups in total. The van der Waals surface area contributed by atoms with Crippen LogP contribution in [0.15, 0.2) is 36.4 Å². The Kier molecular flexibility index (Phi) is 7.53. The molecule has 0 fully saturated rings. The zero-order valence-corrected chi connectivity index (χ0v) is 19.6. The maximum Gasteiger partial charge on any atom is 0.241 e. The van der Waals surface area contributed by atoms with Crippen molar-refractivity contribution < 1.29 is 17.9 Å². The minimum absolute atomic E-state index is 0.268. The molecule has 7 heteroatoms. The van der Waals surface area contributed by atoms with Crippen molar-refractivity contribution in [1.29, 1.82) is 0 Å². The van der Waals surface area contributed by atoms with E-state index in [1.165, 1.54) is 0 Å². The van der Waals surface area contributed by atoms with E-state index in [1.807, 2.05) is 39.0 Å². The van der Waals surface area contributed by atoms with E-state index < -0.39 is 10.0 Å². The molecule has 0 aliphatic rings. The van der Waals surface area contributed by atoms with Crippen molar-refractivity contribution in [2.45, 2.75) is 46.6 Å². The second kappa shape index (κ2) is 9.51. The average molecular weight is 433 g/mol. The molecular weight excluding hydrogens is 400 g/mol. The van der Waals surface area contributed by atoms with Gasteiger partial charge in [0.1, 0.15) is 12.3 Å². The van der Waals surface area contributed by atoms with Gasteiger partial charge in [0.25, 0.3) is 0 Å². The summed E-state index contributed by atoms with van der Waals surface area (Å²) in [6.45, 7) is 9.69. The zero-order valence-electron chi connectivity index (χ0n) is 18.8. The Morgan fingerprint density at radius 2 is 1.67 bits per heavy atom. The van der Waals surface area contributed by atoms with E-state index in [0.29, 0.717) is 5.69 Å². The van der Waals surface area contributed by atoms with Gasteiger partial charge in [-0.05, 0) is 67.6 Å². The van der Waals surface area contributed by atoms with Crippen LogP contribution in [0.5, 0.6) is 5.75 Å². The molecule has 164 valence electrons. The molecule has 2 aromatic rings. The minimum Gasteiger partial charge on any atom is -0.496 e. The largest absolute Gasteiger partial charge is 0.496 e. The number of carbonyl (C=O) groups is 1. The van der Waals surface area contributed by atoms with E-state index in [4.69, 9.17) is 4.74 Å². The highest BCUT2D eigenvalue weighted by Crippen LogP contribution is 2.32. The van der Waals surface area contributed by atoms with E-state index >= 15 is 0 Å². The lowest BCUT2D eigenvalue weighted by Gasteiger charge is -2.24. The molecule has 0 aliphatic heterocycles. The summed E-state index contributed by atoms with van der Waals surface area (Å²) in [4.78, 5) is 12.7. The molecule has 1 atom stereocenters. The third kappa shape index (κ3) is 5.75. The Morgan fingerprint density at radius 1 is 1.07 bits per heavy atom. The normalized spacial score (nSPS) is 12.5. The summed E-state index contributed by atoms with van der Waals surface area (Å²) in [5.74, 6) is 0.728. The van der Waals surface area contributed by atoms with Crippen molar-refractivity contribution in [3.8, 4) is 5.75 Å². The van der Waals surface area contributed by atoms with Gasteiger partial charge < -0.3 is 10.1 Å². The number of ether oxygens (including phenoxy) is 1. The van der Waals surface area contributed by atoms with Crippen LogP contribution >= 0.6 is 0 Å². The lowest BCUT2D eigenvalue weighted by Crippen LogP contribution is -2.41. The number of benzene rings is 2. The maximum atomic E-state index is 12.7. The highest BCUT2D eigenvalue weighted by Gasteiger charge is 2.23. The summed E-state index contributed by atoms with van der Waals surface area (Å²) in [7, 11) is -1.96. The Balaban J connectivity index is 2.24. The van der Waals surface area contributed by atoms with E-state index in [1.54, 1.807) is 19.2 Å². The standard InChI is InChI=1S/C23H32N2O4S/c1-15(2)20-13-21(17(4)12-22(20)29-6)18(5)24-23(26)14-25(30(7,27)28)19-10-8-16(3)9-11-19/h8-13,15,18H,14H2,1-7H3,(H,24,26)/t18-/m1/s1. The smallest absolute Gasteiger partial charge is 0.241 e. The van der Waals surface area contributed by atoms with Gasteiger partial charge in [-0.1, -0.05) is 31.5 Å². The quantitative estimate of drug-likeness (QED) is 0.682. The molecule has 2 rings (SSSR count). The van der Waals surface area contributed by atoms with Crippen LogP contribution in [-0.4, -0.2) is 34.2 Å². The molecule has 0 spiro atoms. The molecule has 1 amide bonds. The number of carbonyl (C=O) groups excluding carboxylic acids is 1. The Morgan fingerprint density at radius 3 is 2.17 bits per heavy atom. The molecule has 0 saturated heterocycles. The predicted molar refractivity (Wildman–Crippen MR) is 122 cm³/mol. The number of aryl methyl sites for hydroxylation is 2. The monoisotopic (exact) mass is 432 g/mol. The maximum absolute atomic E-state index is 12.7. The van der Waals surface area contributed by atoms with Crippen molar-refractivity contribution in [3.05, 3.63) is 58.7 Å². The van der Waals surface area contributed by atoms with E-state index in [0.717, 1.165) is 38.6 Å². The predicted octanol–water partition coefficient (Wildman–Crippen LogP) is 4.08. The fourth-order valence-corrected chi connectivity index (χ4v) is 4.27. The number of amides is 1. The molecule has 0 aliphatic carbocycles. The second-order valence-electron chi connectivity index (χ2n) is 8.00. The second-order valence-corrected chi connectivity index (χ2v) is 9.91. The molecule has 2 aromatic carbocycles. The first kappa shape index (κ1) is 23.7. The van der Waals surface area contributed by atoms with Crippen molar-refractivity contribution in [2.24, 2.45) is 0 Å². The van der Waals surface area contributed by atoms with Crippen LogP contribution < -0.4 is 14.4 Å². The summed E-state index contributed by atoms with van der Waals surface area (Å²) in [5, 5.41) is 2.94. The van der Waals surface area contributed by atoms with Crippen LogP contribution in [0, 0.1) is 13.8 Å². The fraction of sp³-hybridized carbons (Fsp3) is 0.435. The van der Waals surface area contributed by atoms with E-state index in [2.05, 4.69) is 25.2 Å². The molecule has 6 nitrogen and oxygen atoms in total. The Labute approximate surface area is 180 Å². The van der Waals surface area contributed by atoms with Crippen LogP contribution in [0.4, 0.5) is 5.69 Å². The van der Waals surface area contributed by atoms with Crippen molar-refractivity contribution in [1.82, 2.24) is 5.32 Å². The first-order valence-corrected chi connectivity index (χ1v) is 11.8. The van der Waals surface area contributed by atoms with Crippen LogP contribution in [0.1, 0.15) is 55.0 Å². The number of nitrogens with zero attached hydrogens (tertiary/aromatic N) is 1. The van der Waals surface area contributed by atoms with Gasteiger partial charge in [-0.15, -0.1) is 0 Å². The van der Waals surface area contributed by atoms with Gasteiger partial charge in [-0.3, -0.25) is 9.10 Å². The number of rotatable bonds is 8. The number of hydrogen-bond donors (Lipinski definition) is 1.